The fourth-order valence-electron chi connectivity index (χ4n) is 1.98. The molecule has 1 aliphatic heterocycles. The predicted octanol–water partition coefficient (Wildman–Crippen LogP) is 2.63. The second-order valence-electron chi connectivity index (χ2n) is 4.22. The molecule has 0 bridgehead atoms. The average Bonchev–Trinajstić information content (AvgIpc) is 2.33. The van der Waals surface area contributed by atoms with E-state index < -0.39 is 0 Å². The number of likely N-dealkylation sites (tertiary alicyclic amines) is 1. The number of rotatable bonds is 3. The van der Waals surface area contributed by atoms with Crippen LogP contribution in [0.25, 0.3) is 0 Å². The van der Waals surface area contributed by atoms with Crippen molar-refractivity contribution in [3.05, 3.63) is 35.9 Å². The second kappa shape index (κ2) is 5.46. The Morgan fingerprint density at radius 2 is 1.81 bits per heavy atom. The molecular weight excluding hydrogens is 222 g/mol. The van der Waals surface area contributed by atoms with Gasteiger partial charge in [0, 0.05) is 32.5 Å². The molecule has 2 nitrogen and oxygen atoms in total. The lowest BCUT2D eigenvalue weighted by atomic mass is 10.1. The van der Waals surface area contributed by atoms with Gasteiger partial charge in [0.2, 0.25) is 0 Å². The van der Waals surface area contributed by atoms with Crippen LogP contribution in [0.1, 0.15) is 23.8 Å². The first-order chi connectivity index (χ1) is 7.75. The molecule has 86 valence electrons. The lowest BCUT2D eigenvalue weighted by Gasteiger charge is -2.27. The van der Waals surface area contributed by atoms with Crippen LogP contribution in [0.2, 0.25) is 0 Å². The first-order valence-corrected chi connectivity index (χ1v) is 6.12. The van der Waals surface area contributed by atoms with E-state index in [1.807, 2.05) is 30.3 Å². The van der Waals surface area contributed by atoms with E-state index in [0.29, 0.717) is 18.6 Å². The highest BCUT2D eigenvalue weighted by atomic mass is 35.5. The van der Waals surface area contributed by atoms with Gasteiger partial charge in [0.15, 0.2) is 0 Å². The molecule has 0 aromatic heterocycles. The van der Waals surface area contributed by atoms with Gasteiger partial charge in [-0.25, -0.2) is 0 Å². The number of carbonyl (C=O) groups excluding carboxylic acids is 1. The van der Waals surface area contributed by atoms with E-state index in [-0.39, 0.29) is 5.38 Å². The van der Waals surface area contributed by atoms with Crippen LogP contribution in [0.3, 0.4) is 0 Å². The van der Waals surface area contributed by atoms with Gasteiger partial charge >= 0.3 is 0 Å². The summed E-state index contributed by atoms with van der Waals surface area (Å²) in [6, 6.07) is 10.1. The normalized spacial score (nSPS) is 19.7. The summed E-state index contributed by atoms with van der Waals surface area (Å²) in [5.74, 6) is 0.377. The fourth-order valence-corrected chi connectivity index (χ4v) is 2.32. The van der Waals surface area contributed by atoms with Crippen LogP contribution in [0.4, 0.5) is 0 Å². The largest absolute Gasteiger partial charge is 0.301 e. The highest BCUT2D eigenvalue weighted by molar-refractivity contribution is 6.21. The number of Topliss-reactive ketones (excluding diaryl/α,β-unsaturated/α-hetero) is 1. The number of hydrogen-bond donors (Lipinski definition) is 0. The van der Waals surface area contributed by atoms with Crippen molar-refractivity contribution in [1.29, 1.82) is 0 Å². The molecule has 1 aromatic rings. The maximum Gasteiger partial charge on any atom is 0.135 e. The van der Waals surface area contributed by atoms with Crippen LogP contribution < -0.4 is 0 Å². The van der Waals surface area contributed by atoms with Crippen molar-refractivity contribution in [2.45, 2.75) is 18.2 Å². The average molecular weight is 238 g/mol. The van der Waals surface area contributed by atoms with Gasteiger partial charge in [-0.05, 0) is 5.56 Å². The highest BCUT2D eigenvalue weighted by Gasteiger charge is 2.19. The zero-order valence-electron chi connectivity index (χ0n) is 9.23. The molecule has 16 heavy (non-hydrogen) atoms. The number of hydrogen-bond acceptors (Lipinski definition) is 2. The molecule has 1 aromatic carbocycles. The Hall–Kier alpha value is -0.860. The van der Waals surface area contributed by atoms with Gasteiger partial charge in [0.05, 0.1) is 5.38 Å². The molecule has 1 heterocycles. The third kappa shape index (κ3) is 3.06. The van der Waals surface area contributed by atoms with E-state index in [9.17, 15) is 4.79 Å². The number of alkyl halides is 1. The standard InChI is InChI=1S/C13H16ClNO/c14-13(11-4-2-1-3-5-11)10-15-8-6-12(16)7-9-15/h1-5,13H,6-10H2. The predicted molar refractivity (Wildman–Crippen MR) is 65.7 cm³/mol. The summed E-state index contributed by atoms with van der Waals surface area (Å²) in [7, 11) is 0. The van der Waals surface area contributed by atoms with Gasteiger partial charge in [0.1, 0.15) is 5.78 Å². The van der Waals surface area contributed by atoms with Gasteiger partial charge < -0.3 is 4.90 Å². The van der Waals surface area contributed by atoms with Gasteiger partial charge in [-0.1, -0.05) is 30.3 Å². The summed E-state index contributed by atoms with van der Waals surface area (Å²) in [6.07, 6.45) is 1.36. The van der Waals surface area contributed by atoms with Crippen molar-refractivity contribution in [2.75, 3.05) is 19.6 Å². The van der Waals surface area contributed by atoms with E-state index >= 15 is 0 Å². The van der Waals surface area contributed by atoms with Crippen LogP contribution in [-0.2, 0) is 4.79 Å². The Morgan fingerprint density at radius 3 is 2.44 bits per heavy atom. The minimum Gasteiger partial charge on any atom is -0.301 e. The quantitative estimate of drug-likeness (QED) is 0.754. The Kier molecular flexibility index (Phi) is 3.97. The van der Waals surface area contributed by atoms with E-state index in [4.69, 9.17) is 11.6 Å². The lowest BCUT2D eigenvalue weighted by Crippen LogP contribution is -2.35. The first-order valence-electron chi connectivity index (χ1n) is 5.69. The van der Waals surface area contributed by atoms with Crippen molar-refractivity contribution in [3.63, 3.8) is 0 Å². The maximum absolute atomic E-state index is 11.1. The van der Waals surface area contributed by atoms with Crippen LogP contribution in [0, 0.1) is 0 Å². The Bertz CT molecular complexity index is 342. The van der Waals surface area contributed by atoms with Crippen LogP contribution in [-0.4, -0.2) is 30.3 Å². The molecule has 3 heteroatoms. The minimum absolute atomic E-state index is 0.0226. The zero-order valence-corrected chi connectivity index (χ0v) is 9.99. The molecule has 0 N–H and O–H groups in total. The second-order valence-corrected chi connectivity index (χ2v) is 4.74. The Balaban J connectivity index is 1.88. The third-order valence-electron chi connectivity index (χ3n) is 2.99. The van der Waals surface area contributed by atoms with Gasteiger partial charge in [-0.15, -0.1) is 11.6 Å². The van der Waals surface area contributed by atoms with E-state index in [2.05, 4.69) is 4.90 Å². The van der Waals surface area contributed by atoms with Crippen molar-refractivity contribution < 1.29 is 4.79 Å². The summed E-state index contributed by atoms with van der Waals surface area (Å²) >= 11 is 6.35. The van der Waals surface area contributed by atoms with Gasteiger partial charge in [0.25, 0.3) is 0 Å². The molecule has 2 rings (SSSR count). The number of carbonyl (C=O) groups is 1. The van der Waals surface area contributed by atoms with Crippen LogP contribution in [0.5, 0.6) is 0 Å². The molecule has 1 saturated heterocycles. The first kappa shape index (κ1) is 11.6. The van der Waals surface area contributed by atoms with E-state index in [1.54, 1.807) is 0 Å². The van der Waals surface area contributed by atoms with E-state index in [1.165, 1.54) is 0 Å². The maximum atomic E-state index is 11.1. The van der Waals surface area contributed by atoms with Crippen molar-refractivity contribution in [3.8, 4) is 0 Å². The zero-order chi connectivity index (χ0) is 11.4. The number of nitrogens with zero attached hydrogens (tertiary/aromatic N) is 1. The fraction of sp³-hybridized carbons (Fsp3) is 0.462. The molecular formula is C13H16ClNO. The number of piperidine rings is 1. The molecule has 0 spiro atoms. The van der Waals surface area contributed by atoms with Crippen LogP contribution in [0.15, 0.2) is 30.3 Å². The molecule has 0 saturated carbocycles. The number of ketones is 1. The Labute approximate surface area is 101 Å². The SMILES string of the molecule is O=C1CCN(CC(Cl)c2ccccc2)CC1. The van der Waals surface area contributed by atoms with Crippen molar-refractivity contribution in [2.24, 2.45) is 0 Å². The van der Waals surface area contributed by atoms with Gasteiger partial charge in [-0.2, -0.15) is 0 Å². The summed E-state index contributed by atoms with van der Waals surface area (Å²) in [5.41, 5.74) is 1.15. The summed E-state index contributed by atoms with van der Waals surface area (Å²) in [5, 5.41) is 0.0226. The molecule has 0 radical (unpaired) electrons. The minimum atomic E-state index is 0.0226. The molecule has 1 fully saturated rings. The molecule has 0 amide bonds. The van der Waals surface area contributed by atoms with Crippen LogP contribution >= 0.6 is 11.6 Å². The number of halogens is 1. The molecule has 1 unspecified atom stereocenters. The number of benzene rings is 1. The van der Waals surface area contributed by atoms with E-state index in [0.717, 1.165) is 25.2 Å². The summed E-state index contributed by atoms with van der Waals surface area (Å²) in [6.45, 7) is 2.54. The topological polar surface area (TPSA) is 20.3 Å². The molecule has 1 aliphatic rings. The summed E-state index contributed by atoms with van der Waals surface area (Å²) < 4.78 is 0. The smallest absolute Gasteiger partial charge is 0.135 e. The van der Waals surface area contributed by atoms with Crippen molar-refractivity contribution in [1.82, 2.24) is 4.90 Å². The van der Waals surface area contributed by atoms with Gasteiger partial charge in [-0.3, -0.25) is 4.79 Å². The van der Waals surface area contributed by atoms with Crippen molar-refractivity contribution >= 4 is 17.4 Å². The lowest BCUT2D eigenvalue weighted by molar-refractivity contribution is -0.121. The summed E-state index contributed by atoms with van der Waals surface area (Å²) in [4.78, 5) is 13.4. The monoisotopic (exact) mass is 237 g/mol. The molecule has 1 atom stereocenters. The highest BCUT2D eigenvalue weighted by Crippen LogP contribution is 2.22. The third-order valence-corrected chi connectivity index (χ3v) is 3.38. The Morgan fingerprint density at radius 1 is 1.19 bits per heavy atom. The molecule has 0 aliphatic carbocycles.